The lowest BCUT2D eigenvalue weighted by molar-refractivity contribution is -0.931. The van der Waals surface area contributed by atoms with Gasteiger partial charge in [-0.25, -0.2) is 4.68 Å². The summed E-state index contributed by atoms with van der Waals surface area (Å²) in [5.41, 5.74) is 3.76. The SMILES string of the molecule is Cc1ccc2cc(C[NH+](Cc3nnnn3C(C)(C)C)C[C@H]3CCCO3)c(=O)[nH]c2c1C. The summed E-state index contributed by atoms with van der Waals surface area (Å²) in [6, 6.07) is 6.22. The van der Waals surface area contributed by atoms with Gasteiger partial charge in [0.15, 0.2) is 0 Å². The van der Waals surface area contributed by atoms with Crippen molar-refractivity contribution in [1.29, 1.82) is 0 Å². The second-order valence-electron chi connectivity index (χ2n) is 9.72. The number of hydrogen-bond donors (Lipinski definition) is 2. The molecule has 1 fully saturated rings. The number of aryl methyl sites for hydroxylation is 2. The number of rotatable bonds is 6. The Kier molecular flexibility index (Phi) is 5.94. The van der Waals surface area contributed by atoms with Gasteiger partial charge >= 0.3 is 0 Å². The summed E-state index contributed by atoms with van der Waals surface area (Å²) in [5.74, 6) is 0.823. The average molecular weight is 426 g/mol. The minimum Gasteiger partial charge on any atom is -0.372 e. The zero-order valence-electron chi connectivity index (χ0n) is 19.2. The Bertz CT molecular complexity index is 1120. The fourth-order valence-corrected chi connectivity index (χ4v) is 4.37. The van der Waals surface area contributed by atoms with Crippen LogP contribution in [0.4, 0.5) is 0 Å². The van der Waals surface area contributed by atoms with E-state index in [1.807, 2.05) is 10.7 Å². The highest BCUT2D eigenvalue weighted by Crippen LogP contribution is 2.19. The molecule has 4 rings (SSSR count). The van der Waals surface area contributed by atoms with Crippen LogP contribution in [-0.2, 0) is 23.4 Å². The van der Waals surface area contributed by atoms with Crippen LogP contribution in [0.15, 0.2) is 23.0 Å². The van der Waals surface area contributed by atoms with Crippen molar-refractivity contribution < 1.29 is 9.64 Å². The van der Waals surface area contributed by atoms with Crippen LogP contribution in [0.3, 0.4) is 0 Å². The van der Waals surface area contributed by atoms with E-state index in [-0.39, 0.29) is 17.2 Å². The first kappa shape index (κ1) is 21.6. The number of pyridine rings is 1. The van der Waals surface area contributed by atoms with Crippen molar-refractivity contribution in [1.82, 2.24) is 25.2 Å². The third kappa shape index (κ3) is 4.70. The number of aromatic nitrogens is 5. The number of tetrazole rings is 1. The standard InChI is InChI=1S/C23H32N6O2/c1-15-8-9-17-11-18(22(30)24-21(17)16(15)2)12-28(13-19-7-6-10-31-19)14-20-25-26-27-29(20)23(3,4)5/h8-9,11,19H,6-7,10,12-14H2,1-5H3,(H,24,30)/p+1/t19-/m1/s1. The van der Waals surface area contributed by atoms with Gasteiger partial charge in [0, 0.05) is 6.61 Å². The predicted octanol–water partition coefficient (Wildman–Crippen LogP) is 1.65. The van der Waals surface area contributed by atoms with Gasteiger partial charge in [-0.2, -0.15) is 0 Å². The maximum atomic E-state index is 13.0. The van der Waals surface area contributed by atoms with E-state index in [1.165, 1.54) is 10.5 Å². The van der Waals surface area contributed by atoms with Crippen LogP contribution in [-0.4, -0.2) is 44.4 Å². The molecule has 8 heteroatoms. The molecule has 2 atom stereocenters. The molecule has 0 radical (unpaired) electrons. The summed E-state index contributed by atoms with van der Waals surface area (Å²) in [6.07, 6.45) is 2.35. The van der Waals surface area contributed by atoms with E-state index in [0.717, 1.165) is 53.8 Å². The van der Waals surface area contributed by atoms with Crippen LogP contribution in [0, 0.1) is 13.8 Å². The fraction of sp³-hybridized carbons (Fsp3) is 0.565. The molecule has 0 bridgehead atoms. The Labute approximate surface area is 182 Å². The van der Waals surface area contributed by atoms with Crippen molar-refractivity contribution in [3.05, 3.63) is 51.1 Å². The first-order valence-electron chi connectivity index (χ1n) is 11.1. The molecule has 3 aromatic rings. The van der Waals surface area contributed by atoms with Crippen molar-refractivity contribution >= 4 is 10.9 Å². The van der Waals surface area contributed by atoms with Gasteiger partial charge in [-0.15, -0.1) is 5.10 Å². The number of quaternary nitrogens is 1. The number of fused-ring (bicyclic) bond motifs is 1. The maximum absolute atomic E-state index is 13.0. The molecule has 1 unspecified atom stereocenters. The number of aromatic amines is 1. The zero-order valence-corrected chi connectivity index (χ0v) is 19.2. The van der Waals surface area contributed by atoms with Crippen molar-refractivity contribution in [2.45, 2.75) is 72.2 Å². The van der Waals surface area contributed by atoms with Crippen LogP contribution in [0.2, 0.25) is 0 Å². The lowest BCUT2D eigenvalue weighted by Gasteiger charge is -2.24. The molecule has 1 aliphatic rings. The predicted molar refractivity (Wildman–Crippen MR) is 119 cm³/mol. The van der Waals surface area contributed by atoms with Crippen molar-refractivity contribution in [3.8, 4) is 0 Å². The molecule has 0 amide bonds. The van der Waals surface area contributed by atoms with Crippen LogP contribution < -0.4 is 10.5 Å². The maximum Gasteiger partial charge on any atom is 0.257 e. The van der Waals surface area contributed by atoms with Gasteiger partial charge in [0.25, 0.3) is 5.56 Å². The lowest BCUT2D eigenvalue weighted by atomic mass is 10.0. The smallest absolute Gasteiger partial charge is 0.257 e. The summed E-state index contributed by atoms with van der Waals surface area (Å²) in [6.45, 7) is 13.2. The molecule has 31 heavy (non-hydrogen) atoms. The summed E-state index contributed by atoms with van der Waals surface area (Å²) in [5, 5.41) is 13.5. The summed E-state index contributed by atoms with van der Waals surface area (Å²) < 4.78 is 7.78. The van der Waals surface area contributed by atoms with E-state index in [9.17, 15) is 4.79 Å². The number of H-pyrrole nitrogens is 1. The zero-order chi connectivity index (χ0) is 22.2. The molecule has 0 spiro atoms. The van der Waals surface area contributed by atoms with E-state index in [4.69, 9.17) is 4.74 Å². The first-order chi connectivity index (χ1) is 14.7. The summed E-state index contributed by atoms with van der Waals surface area (Å²) in [7, 11) is 0. The molecular weight excluding hydrogens is 392 g/mol. The molecule has 2 aromatic heterocycles. The highest BCUT2D eigenvalue weighted by atomic mass is 16.5. The summed E-state index contributed by atoms with van der Waals surface area (Å²) in [4.78, 5) is 17.3. The van der Waals surface area contributed by atoms with Gasteiger partial charge in [0.1, 0.15) is 25.7 Å². The third-order valence-corrected chi connectivity index (χ3v) is 6.19. The normalized spacial score (nSPS) is 18.0. The number of hydrogen-bond acceptors (Lipinski definition) is 5. The van der Waals surface area contributed by atoms with Gasteiger partial charge in [0.05, 0.1) is 16.6 Å². The molecule has 0 saturated carbocycles. The highest BCUT2D eigenvalue weighted by molar-refractivity contribution is 5.83. The lowest BCUT2D eigenvalue weighted by Crippen LogP contribution is -3.10. The van der Waals surface area contributed by atoms with E-state index < -0.39 is 0 Å². The Balaban J connectivity index is 1.65. The van der Waals surface area contributed by atoms with Crippen molar-refractivity contribution in [3.63, 3.8) is 0 Å². The molecule has 3 heterocycles. The topological polar surface area (TPSA) is 90.1 Å². The van der Waals surface area contributed by atoms with Crippen molar-refractivity contribution in [2.24, 2.45) is 0 Å². The monoisotopic (exact) mass is 425 g/mol. The quantitative estimate of drug-likeness (QED) is 0.627. The minimum absolute atomic E-state index is 0.0264. The van der Waals surface area contributed by atoms with Crippen LogP contribution >= 0.6 is 0 Å². The molecule has 8 nitrogen and oxygen atoms in total. The Morgan fingerprint density at radius 3 is 2.77 bits per heavy atom. The molecule has 1 aliphatic heterocycles. The number of nitrogens with zero attached hydrogens (tertiary/aromatic N) is 4. The molecule has 1 saturated heterocycles. The Morgan fingerprint density at radius 2 is 2.06 bits per heavy atom. The number of nitrogens with one attached hydrogen (secondary N) is 2. The summed E-state index contributed by atoms with van der Waals surface area (Å²) >= 11 is 0. The van der Waals surface area contributed by atoms with Crippen LogP contribution in [0.25, 0.3) is 10.9 Å². The van der Waals surface area contributed by atoms with E-state index in [1.54, 1.807) is 0 Å². The molecule has 1 aromatic carbocycles. The van der Waals surface area contributed by atoms with Gasteiger partial charge in [-0.3, -0.25) is 4.79 Å². The Hall–Kier alpha value is -2.58. The van der Waals surface area contributed by atoms with Gasteiger partial charge in [0.2, 0.25) is 5.82 Å². The average Bonchev–Trinajstić information content (AvgIpc) is 3.38. The minimum atomic E-state index is -0.205. The second kappa shape index (κ2) is 8.51. The fourth-order valence-electron chi connectivity index (χ4n) is 4.37. The van der Waals surface area contributed by atoms with E-state index in [2.05, 4.69) is 67.3 Å². The van der Waals surface area contributed by atoms with Crippen LogP contribution in [0.5, 0.6) is 0 Å². The van der Waals surface area contributed by atoms with Gasteiger partial charge in [-0.1, -0.05) is 12.1 Å². The molecular formula is C23H33N6O2+. The third-order valence-electron chi connectivity index (χ3n) is 6.19. The van der Waals surface area contributed by atoms with Gasteiger partial charge in [-0.05, 0) is 80.5 Å². The largest absolute Gasteiger partial charge is 0.372 e. The van der Waals surface area contributed by atoms with E-state index >= 15 is 0 Å². The van der Waals surface area contributed by atoms with Crippen molar-refractivity contribution in [2.75, 3.05) is 13.2 Å². The number of ether oxygens (including phenoxy) is 1. The van der Waals surface area contributed by atoms with E-state index in [0.29, 0.717) is 13.1 Å². The molecule has 2 N–H and O–H groups in total. The molecule has 0 aliphatic carbocycles. The van der Waals surface area contributed by atoms with Gasteiger partial charge < -0.3 is 14.6 Å². The first-order valence-corrected chi connectivity index (χ1v) is 11.1. The Morgan fingerprint density at radius 1 is 1.26 bits per heavy atom. The van der Waals surface area contributed by atoms with Crippen LogP contribution in [0.1, 0.15) is 56.1 Å². The highest BCUT2D eigenvalue weighted by Gasteiger charge is 2.27. The molecule has 166 valence electrons. The number of benzene rings is 1. The second-order valence-corrected chi connectivity index (χ2v) is 9.72.